The monoisotopic (exact) mass is 794 g/mol. The first-order valence-electron chi connectivity index (χ1n) is 19.1. The van der Waals surface area contributed by atoms with Crippen molar-refractivity contribution in [1.82, 2.24) is 14.9 Å². The fourth-order valence-electron chi connectivity index (χ4n) is 8.89. The summed E-state index contributed by atoms with van der Waals surface area (Å²) in [6.07, 6.45) is -8.79. The van der Waals surface area contributed by atoms with Gasteiger partial charge >= 0.3 is 6.09 Å². The summed E-state index contributed by atoms with van der Waals surface area (Å²) in [6, 6.07) is 14.8. The fourth-order valence-corrected chi connectivity index (χ4v) is 9.61. The van der Waals surface area contributed by atoms with Gasteiger partial charge in [0.05, 0.1) is 61.1 Å². The number of aromatic nitrogens is 1. The molecule has 3 amide bonds. The minimum atomic E-state index is -1.57. The van der Waals surface area contributed by atoms with Gasteiger partial charge in [0, 0.05) is 45.6 Å². The predicted octanol–water partition coefficient (Wildman–Crippen LogP) is 2.05. The predicted molar refractivity (Wildman–Crippen MR) is 202 cm³/mol. The number of carbonyl (C=O) groups excluding carboxylic acids is 3. The number of aliphatic hydroxyl groups excluding tert-OH is 3. The number of aliphatic hydroxyl groups is 3. The summed E-state index contributed by atoms with van der Waals surface area (Å²) in [5, 5.41) is 40.6. The van der Waals surface area contributed by atoms with E-state index in [9.17, 15) is 29.7 Å². The highest BCUT2D eigenvalue weighted by atomic mass is 28.3. The van der Waals surface area contributed by atoms with Crippen LogP contribution in [0.1, 0.15) is 41.1 Å². The lowest BCUT2D eigenvalue weighted by Gasteiger charge is -2.43. The highest BCUT2D eigenvalue weighted by Gasteiger charge is 2.59. The van der Waals surface area contributed by atoms with Gasteiger partial charge in [-0.05, 0) is 29.3 Å². The first-order chi connectivity index (χ1) is 26.8. The molecule has 302 valence electrons. The molecule has 16 nitrogen and oxygen atoms in total. The van der Waals surface area contributed by atoms with Crippen molar-refractivity contribution in [2.45, 2.75) is 99.1 Å². The van der Waals surface area contributed by atoms with Crippen molar-refractivity contribution in [2.24, 2.45) is 5.92 Å². The number of benzene rings is 2. The van der Waals surface area contributed by atoms with Crippen LogP contribution in [-0.4, -0.2) is 134 Å². The molecule has 8 rings (SSSR count). The molecule has 4 aliphatic heterocycles. The summed E-state index contributed by atoms with van der Waals surface area (Å²) < 4.78 is 30.8. The molecule has 17 heteroatoms. The van der Waals surface area contributed by atoms with E-state index in [0.717, 1.165) is 17.3 Å². The Kier molecular flexibility index (Phi) is 10.4. The highest BCUT2D eigenvalue weighted by Crippen LogP contribution is 2.59. The highest BCUT2D eigenvalue weighted by molar-refractivity contribution is 6.76. The zero-order chi connectivity index (χ0) is 39.6. The Bertz CT molecular complexity index is 1990. The lowest BCUT2D eigenvalue weighted by Crippen LogP contribution is -2.62. The van der Waals surface area contributed by atoms with Crippen LogP contribution >= 0.6 is 0 Å². The normalized spacial score (nSPS) is 33.5. The Balaban J connectivity index is 1.01. The molecule has 5 aliphatic rings. The van der Waals surface area contributed by atoms with Crippen molar-refractivity contribution in [1.29, 1.82) is 0 Å². The molecule has 3 fully saturated rings. The van der Waals surface area contributed by atoms with Gasteiger partial charge in [-0.3, -0.25) is 14.9 Å². The van der Waals surface area contributed by atoms with E-state index in [1.54, 1.807) is 11.8 Å². The van der Waals surface area contributed by atoms with Crippen LogP contribution < -0.4 is 15.5 Å². The molecule has 0 bridgehead atoms. The average Bonchev–Trinajstić information content (AvgIpc) is 3.80. The molecule has 3 aromatic rings. The van der Waals surface area contributed by atoms with Gasteiger partial charge in [0.2, 0.25) is 11.8 Å². The third-order valence-electron chi connectivity index (χ3n) is 11.8. The van der Waals surface area contributed by atoms with Crippen molar-refractivity contribution in [3.05, 3.63) is 65.4 Å². The first-order valence-corrected chi connectivity index (χ1v) is 22.8. The summed E-state index contributed by atoms with van der Waals surface area (Å²) in [5.41, 5.74) is 3.59. The average molecular weight is 795 g/mol. The van der Waals surface area contributed by atoms with Crippen LogP contribution in [0.15, 0.2) is 48.5 Å². The van der Waals surface area contributed by atoms with Crippen LogP contribution in [-0.2, 0) is 33.3 Å². The van der Waals surface area contributed by atoms with Crippen molar-refractivity contribution < 1.29 is 58.2 Å². The molecule has 1 aliphatic carbocycles. The number of amides is 3. The van der Waals surface area contributed by atoms with Crippen molar-refractivity contribution in [3.8, 4) is 0 Å². The number of nitrogens with zero attached hydrogens (tertiary/aromatic N) is 2. The van der Waals surface area contributed by atoms with E-state index in [4.69, 9.17) is 28.5 Å². The number of likely N-dealkylation sites (N-methyl/N-ethyl adjacent to an activating group) is 1. The molecule has 5 N–H and O–H groups in total. The standard InChI is InChI=1S/C39H50N4O12Si/c1-42(39(49)51-14-15-56(3,4)5)23-17-52-26(16-24(23)44)53-18-25-35(50-2)33(45)34(46)38(54-25)55-43-22-13-9-7-11-20(22)28-30-29(36(47)41-37(30)48)27-19-10-6-8-12-21(19)40-31(27)32(28)43/h6-13,23-27,29-31,33-35,38,40,44-46H,14-18H2,1-5H3,(H,41,47,48)/t23-,24-,25+,26+,27-,29?,30-,31?,33+,34+,35+,38-/m0/s1. The molecule has 2 unspecified atom stereocenters. The van der Waals surface area contributed by atoms with Crippen molar-refractivity contribution >= 4 is 42.6 Å². The maximum Gasteiger partial charge on any atom is 0.409 e. The number of imide groups is 1. The Morgan fingerprint density at radius 2 is 1.77 bits per heavy atom. The van der Waals surface area contributed by atoms with Crippen molar-refractivity contribution in [2.75, 3.05) is 39.3 Å². The summed E-state index contributed by atoms with van der Waals surface area (Å²) in [5.74, 6) is -2.54. The number of methoxy groups -OCH3 is 1. The van der Waals surface area contributed by atoms with Crippen LogP contribution in [0, 0.1) is 5.92 Å². The van der Waals surface area contributed by atoms with E-state index in [1.165, 1.54) is 12.0 Å². The quantitative estimate of drug-likeness (QED) is 0.148. The molecule has 0 saturated carbocycles. The number of nitrogens with one attached hydrogen (secondary N) is 2. The van der Waals surface area contributed by atoms with Gasteiger partial charge in [0.15, 0.2) is 6.29 Å². The number of hydrogen-bond donors (Lipinski definition) is 5. The second-order valence-corrected chi connectivity index (χ2v) is 22.2. The minimum Gasteiger partial charge on any atom is -0.450 e. The molecule has 12 atom stereocenters. The first kappa shape index (κ1) is 38.8. The van der Waals surface area contributed by atoms with Gasteiger partial charge in [0.25, 0.3) is 6.29 Å². The third kappa shape index (κ3) is 6.76. The lowest BCUT2D eigenvalue weighted by molar-refractivity contribution is -0.313. The van der Waals surface area contributed by atoms with E-state index in [0.29, 0.717) is 28.8 Å². The summed E-state index contributed by atoms with van der Waals surface area (Å²) in [7, 11) is 1.55. The summed E-state index contributed by atoms with van der Waals surface area (Å²) in [4.78, 5) is 47.5. The molecular weight excluding hydrogens is 745 g/mol. The van der Waals surface area contributed by atoms with Gasteiger partial charge in [-0.2, -0.15) is 4.73 Å². The third-order valence-corrected chi connectivity index (χ3v) is 13.5. The van der Waals surface area contributed by atoms with Crippen molar-refractivity contribution in [3.63, 3.8) is 0 Å². The molecule has 1 aromatic heterocycles. The number of carbonyl (C=O) groups is 3. The van der Waals surface area contributed by atoms with E-state index in [1.807, 2.05) is 48.5 Å². The second kappa shape index (κ2) is 15.0. The molecule has 5 heterocycles. The number of fused-ring (bicyclic) bond motifs is 10. The van der Waals surface area contributed by atoms with Crippen LogP contribution in [0.2, 0.25) is 25.7 Å². The smallest absolute Gasteiger partial charge is 0.409 e. The maximum atomic E-state index is 13.5. The zero-order valence-corrected chi connectivity index (χ0v) is 33.0. The van der Waals surface area contributed by atoms with Gasteiger partial charge in [-0.25, -0.2) is 4.79 Å². The number of anilines is 1. The molecule has 56 heavy (non-hydrogen) atoms. The van der Waals surface area contributed by atoms with Gasteiger partial charge in [-0.15, -0.1) is 0 Å². The Morgan fingerprint density at radius 1 is 1.02 bits per heavy atom. The largest absolute Gasteiger partial charge is 0.450 e. The fraction of sp³-hybridized carbons (Fsp3) is 0.564. The van der Waals surface area contributed by atoms with Crippen LogP contribution in [0.4, 0.5) is 10.5 Å². The Hall–Kier alpha value is -4.07. The molecule has 0 spiro atoms. The van der Waals surface area contributed by atoms with Gasteiger partial charge < -0.3 is 54.1 Å². The van der Waals surface area contributed by atoms with Gasteiger partial charge in [0.1, 0.15) is 24.4 Å². The molecule has 2 aromatic carbocycles. The topological polar surface area (TPSA) is 200 Å². The number of para-hydroxylation sites is 2. The Morgan fingerprint density at radius 3 is 2.52 bits per heavy atom. The molecule has 0 radical (unpaired) electrons. The number of hydrogen-bond acceptors (Lipinski definition) is 13. The number of rotatable bonds is 10. The molecular formula is C39H50N4O12Si. The van der Waals surface area contributed by atoms with Crippen LogP contribution in [0.3, 0.4) is 0 Å². The SMILES string of the molecule is CO[C@H]1[C@H](O)[C@@H](O)[C@H](On2c3c(c4ccccc42)[C@@H]2C(=O)NC(=O)C2[C@@H]2c4ccccc4NC32)O[C@@H]1CO[C@@H]1C[C@H](O)[C@@H](N(C)C(=O)OCC[Si](C)(C)C)CO1. The molecule has 3 saturated heterocycles. The second-order valence-electron chi connectivity index (χ2n) is 16.5. The Labute approximate surface area is 324 Å². The van der Waals surface area contributed by atoms with E-state index in [2.05, 4.69) is 30.3 Å². The van der Waals surface area contributed by atoms with E-state index < -0.39 is 87.1 Å². The minimum absolute atomic E-state index is 0.00485. The van der Waals surface area contributed by atoms with E-state index >= 15 is 0 Å². The lowest BCUT2D eigenvalue weighted by atomic mass is 9.68. The summed E-state index contributed by atoms with van der Waals surface area (Å²) >= 11 is 0. The summed E-state index contributed by atoms with van der Waals surface area (Å²) in [6.45, 7) is 6.73. The van der Waals surface area contributed by atoms with Crippen LogP contribution in [0.25, 0.3) is 10.9 Å². The maximum absolute atomic E-state index is 13.5. The van der Waals surface area contributed by atoms with Gasteiger partial charge in [-0.1, -0.05) is 56.0 Å². The number of ether oxygens (including phenoxy) is 5. The van der Waals surface area contributed by atoms with E-state index in [-0.39, 0.29) is 31.4 Å². The van der Waals surface area contributed by atoms with Crippen LogP contribution in [0.5, 0.6) is 0 Å². The zero-order valence-electron chi connectivity index (χ0n) is 32.0.